The van der Waals surface area contributed by atoms with E-state index >= 15 is 0 Å². The van der Waals surface area contributed by atoms with Crippen LogP contribution in [0.4, 0.5) is 0 Å². The Morgan fingerprint density at radius 3 is 2.92 bits per heavy atom. The van der Waals surface area contributed by atoms with Gasteiger partial charge in [0.1, 0.15) is 10.9 Å². The standard InChI is InChI=1S/C7H5BrClNO3/c1-13-7(12)5-4(11)2-3(8)6(9)10-5/h2,11H,1H3. The molecule has 1 aromatic heterocycles. The minimum Gasteiger partial charge on any atom is -0.505 e. The van der Waals surface area contributed by atoms with E-state index in [2.05, 4.69) is 25.7 Å². The lowest BCUT2D eigenvalue weighted by molar-refractivity contribution is 0.0590. The summed E-state index contributed by atoms with van der Waals surface area (Å²) in [4.78, 5) is 14.6. The quantitative estimate of drug-likeness (QED) is 0.624. The number of hydrogen-bond donors (Lipinski definition) is 1. The predicted octanol–water partition coefficient (Wildman–Crippen LogP) is 1.99. The normalized spacial score (nSPS) is 9.77. The smallest absolute Gasteiger partial charge is 0.360 e. The van der Waals surface area contributed by atoms with Crippen molar-refractivity contribution in [1.29, 1.82) is 0 Å². The fourth-order valence-corrected chi connectivity index (χ4v) is 1.15. The van der Waals surface area contributed by atoms with Crippen LogP contribution in [0.2, 0.25) is 5.15 Å². The molecule has 1 rings (SSSR count). The van der Waals surface area contributed by atoms with Crippen LogP contribution in [-0.2, 0) is 4.74 Å². The van der Waals surface area contributed by atoms with Gasteiger partial charge in [-0.05, 0) is 22.0 Å². The largest absolute Gasteiger partial charge is 0.505 e. The lowest BCUT2D eigenvalue weighted by Gasteiger charge is -2.02. The van der Waals surface area contributed by atoms with Crippen LogP contribution in [-0.4, -0.2) is 23.2 Å². The highest BCUT2D eigenvalue weighted by Gasteiger charge is 2.15. The number of hydrogen-bond acceptors (Lipinski definition) is 4. The molecule has 0 saturated carbocycles. The van der Waals surface area contributed by atoms with Crippen molar-refractivity contribution in [1.82, 2.24) is 4.98 Å². The Bertz CT molecular complexity index is 356. The molecule has 0 atom stereocenters. The van der Waals surface area contributed by atoms with Crippen LogP contribution in [0, 0.1) is 0 Å². The number of aromatic nitrogens is 1. The number of pyridine rings is 1. The summed E-state index contributed by atoms with van der Waals surface area (Å²) in [7, 11) is 1.19. The van der Waals surface area contributed by atoms with Crippen LogP contribution in [0.25, 0.3) is 0 Å². The molecule has 0 radical (unpaired) electrons. The number of ether oxygens (including phenoxy) is 1. The van der Waals surface area contributed by atoms with E-state index in [1.54, 1.807) is 0 Å². The molecule has 0 fully saturated rings. The SMILES string of the molecule is COC(=O)c1nc(Cl)c(Br)cc1O. The molecule has 0 saturated heterocycles. The van der Waals surface area contributed by atoms with Gasteiger partial charge in [-0.25, -0.2) is 9.78 Å². The third-order valence-corrected chi connectivity index (χ3v) is 2.41. The first kappa shape index (κ1) is 10.3. The third-order valence-electron chi connectivity index (χ3n) is 1.29. The Balaban J connectivity index is 3.23. The minimum absolute atomic E-state index is 0.0956. The van der Waals surface area contributed by atoms with Crippen molar-refractivity contribution in [2.24, 2.45) is 0 Å². The fraction of sp³-hybridized carbons (Fsp3) is 0.143. The number of carbonyl (C=O) groups is 1. The second-order valence-corrected chi connectivity index (χ2v) is 3.33. The van der Waals surface area contributed by atoms with Crippen molar-refractivity contribution < 1.29 is 14.6 Å². The molecule has 4 nitrogen and oxygen atoms in total. The highest BCUT2D eigenvalue weighted by molar-refractivity contribution is 9.10. The van der Waals surface area contributed by atoms with Crippen LogP contribution >= 0.6 is 27.5 Å². The van der Waals surface area contributed by atoms with Gasteiger partial charge in [-0.3, -0.25) is 0 Å². The maximum atomic E-state index is 11.0. The average molecular weight is 266 g/mol. The molecule has 0 aliphatic carbocycles. The Labute approximate surface area is 87.6 Å². The van der Waals surface area contributed by atoms with Crippen LogP contribution < -0.4 is 0 Å². The van der Waals surface area contributed by atoms with E-state index in [4.69, 9.17) is 11.6 Å². The van der Waals surface area contributed by atoms with E-state index in [1.807, 2.05) is 0 Å². The maximum Gasteiger partial charge on any atom is 0.360 e. The van der Waals surface area contributed by atoms with Gasteiger partial charge in [0.15, 0.2) is 5.69 Å². The van der Waals surface area contributed by atoms with Crippen molar-refractivity contribution in [3.05, 3.63) is 21.4 Å². The maximum absolute atomic E-state index is 11.0. The van der Waals surface area contributed by atoms with Gasteiger partial charge in [0, 0.05) is 0 Å². The molecule has 0 bridgehead atoms. The molecule has 0 amide bonds. The molecule has 0 aliphatic rings. The third kappa shape index (κ3) is 2.10. The summed E-state index contributed by atoms with van der Waals surface area (Å²) in [5, 5.41) is 9.36. The second-order valence-electron chi connectivity index (χ2n) is 2.12. The molecule has 0 spiro atoms. The van der Waals surface area contributed by atoms with Gasteiger partial charge in [0.25, 0.3) is 0 Å². The van der Waals surface area contributed by atoms with Crippen molar-refractivity contribution >= 4 is 33.5 Å². The molecular weight excluding hydrogens is 261 g/mol. The number of halogens is 2. The van der Waals surface area contributed by atoms with Crippen molar-refractivity contribution in [3.8, 4) is 5.75 Å². The molecule has 0 aromatic carbocycles. The van der Waals surface area contributed by atoms with E-state index in [0.29, 0.717) is 4.47 Å². The Hall–Kier alpha value is -0.810. The molecule has 13 heavy (non-hydrogen) atoms. The monoisotopic (exact) mass is 265 g/mol. The molecular formula is C7H5BrClNO3. The number of esters is 1. The van der Waals surface area contributed by atoms with Crippen LogP contribution in [0.15, 0.2) is 10.5 Å². The van der Waals surface area contributed by atoms with Crippen molar-refractivity contribution in [2.75, 3.05) is 7.11 Å². The zero-order valence-electron chi connectivity index (χ0n) is 6.54. The lowest BCUT2D eigenvalue weighted by atomic mass is 10.3. The summed E-state index contributed by atoms with van der Waals surface area (Å²) in [5.74, 6) is -1.00. The van der Waals surface area contributed by atoms with Crippen LogP contribution in [0.5, 0.6) is 5.75 Å². The van der Waals surface area contributed by atoms with Gasteiger partial charge in [0.05, 0.1) is 11.6 Å². The first-order valence-corrected chi connectivity index (χ1v) is 4.36. The van der Waals surface area contributed by atoms with Crippen LogP contribution in [0.3, 0.4) is 0 Å². The van der Waals surface area contributed by atoms with E-state index in [9.17, 15) is 9.90 Å². The van der Waals surface area contributed by atoms with Crippen molar-refractivity contribution in [3.63, 3.8) is 0 Å². The fourth-order valence-electron chi connectivity index (χ4n) is 0.704. The highest BCUT2D eigenvalue weighted by Crippen LogP contribution is 2.27. The lowest BCUT2D eigenvalue weighted by Crippen LogP contribution is -2.04. The summed E-state index contributed by atoms with van der Waals surface area (Å²) >= 11 is 8.65. The molecule has 1 heterocycles. The molecule has 1 aromatic rings. The first-order valence-electron chi connectivity index (χ1n) is 3.19. The number of rotatable bonds is 1. The van der Waals surface area contributed by atoms with E-state index in [-0.39, 0.29) is 16.6 Å². The summed E-state index contributed by atoms with van der Waals surface area (Å²) in [6.07, 6.45) is 0. The molecule has 0 unspecified atom stereocenters. The summed E-state index contributed by atoms with van der Waals surface area (Å²) < 4.78 is 4.79. The van der Waals surface area contributed by atoms with Gasteiger partial charge in [-0.15, -0.1) is 0 Å². The molecule has 6 heteroatoms. The summed E-state index contributed by atoms with van der Waals surface area (Å²) in [6.45, 7) is 0. The zero-order valence-corrected chi connectivity index (χ0v) is 8.89. The number of carbonyl (C=O) groups excluding carboxylic acids is 1. The predicted molar refractivity (Wildman–Crippen MR) is 50.0 cm³/mol. The highest BCUT2D eigenvalue weighted by atomic mass is 79.9. The van der Waals surface area contributed by atoms with E-state index in [1.165, 1.54) is 13.2 Å². The second kappa shape index (κ2) is 3.93. The van der Waals surface area contributed by atoms with E-state index in [0.717, 1.165) is 0 Å². The van der Waals surface area contributed by atoms with Crippen LogP contribution in [0.1, 0.15) is 10.5 Å². The van der Waals surface area contributed by atoms with Gasteiger partial charge in [-0.2, -0.15) is 0 Å². The van der Waals surface area contributed by atoms with Crippen molar-refractivity contribution in [2.45, 2.75) is 0 Å². The number of aromatic hydroxyl groups is 1. The van der Waals surface area contributed by atoms with Gasteiger partial charge in [-0.1, -0.05) is 11.6 Å². The molecule has 70 valence electrons. The first-order chi connectivity index (χ1) is 6.06. The summed E-state index contributed by atoms with van der Waals surface area (Å²) in [6, 6.07) is 1.28. The Morgan fingerprint density at radius 1 is 1.77 bits per heavy atom. The van der Waals surface area contributed by atoms with E-state index < -0.39 is 5.97 Å². The van der Waals surface area contributed by atoms with Gasteiger partial charge >= 0.3 is 5.97 Å². The minimum atomic E-state index is -0.730. The van der Waals surface area contributed by atoms with Gasteiger partial charge in [0.2, 0.25) is 0 Å². The Kier molecular flexibility index (Phi) is 3.11. The molecule has 1 N–H and O–H groups in total. The zero-order chi connectivity index (χ0) is 10.0. The Morgan fingerprint density at radius 2 is 2.38 bits per heavy atom. The average Bonchev–Trinajstić information content (AvgIpc) is 2.10. The topological polar surface area (TPSA) is 59.4 Å². The van der Waals surface area contributed by atoms with Gasteiger partial charge < -0.3 is 9.84 Å². The molecule has 0 aliphatic heterocycles. The number of nitrogens with zero attached hydrogens (tertiary/aromatic N) is 1. The summed E-state index contributed by atoms with van der Waals surface area (Å²) in [5.41, 5.74) is -0.198. The number of methoxy groups -OCH3 is 1.